The monoisotopic (exact) mass is 612 g/mol. The number of amidine groups is 1. The number of aliphatic carboxylic acids is 1. The fourth-order valence-corrected chi connectivity index (χ4v) is 4.51. The summed E-state index contributed by atoms with van der Waals surface area (Å²) < 4.78 is 23.3. The van der Waals surface area contributed by atoms with E-state index in [0.717, 1.165) is 9.48 Å². The molecule has 1 aromatic heterocycles. The second kappa shape index (κ2) is 17.0. The standard InChI is InChI=1S/C17H22N4O5S.C6H4BrF.C3H8/c1-25-17(24)12-8-19-15(16-18-4-7-27-16)20-13(12)9-21-5-6-26-10-11(21)2-3-14(22)23;7-5-2-1-3-6(8)4-5;1-3-2/h4,7,11H,2-3,5-6,8-10H2,1H3,(H,19,20)(H,22,23);1-4H;3H2,1-2H3. The van der Waals surface area contributed by atoms with E-state index in [2.05, 4.69) is 50.0 Å². The van der Waals surface area contributed by atoms with Gasteiger partial charge in [0, 0.05) is 47.3 Å². The number of rotatable bonds is 7. The molecular formula is C26H34BrFN4O5S. The molecule has 3 heterocycles. The number of benzene rings is 1. The van der Waals surface area contributed by atoms with Gasteiger partial charge < -0.3 is 19.9 Å². The average Bonchev–Trinajstić information content (AvgIpc) is 3.44. The van der Waals surface area contributed by atoms with Crippen molar-refractivity contribution in [2.24, 2.45) is 4.99 Å². The van der Waals surface area contributed by atoms with E-state index in [1.165, 1.54) is 37.0 Å². The molecule has 0 amide bonds. The Hall–Kier alpha value is -2.67. The second-order valence-electron chi connectivity index (χ2n) is 8.35. The number of nitrogens with one attached hydrogen (secondary N) is 1. The fraction of sp³-hybridized carbons (Fsp3) is 0.462. The predicted molar refractivity (Wildman–Crippen MR) is 149 cm³/mol. The van der Waals surface area contributed by atoms with Crippen molar-refractivity contribution in [2.75, 3.05) is 40.0 Å². The number of hydrogen-bond acceptors (Lipinski definition) is 9. The molecule has 1 saturated heterocycles. The molecule has 1 aromatic carbocycles. The van der Waals surface area contributed by atoms with Crippen molar-refractivity contribution in [3.8, 4) is 0 Å². The Morgan fingerprint density at radius 3 is 2.71 bits per heavy atom. The van der Waals surface area contributed by atoms with E-state index in [1.807, 2.05) is 5.38 Å². The first-order valence-electron chi connectivity index (χ1n) is 12.2. The van der Waals surface area contributed by atoms with Crippen molar-refractivity contribution in [3.05, 3.63) is 62.4 Å². The molecule has 1 fully saturated rings. The lowest BCUT2D eigenvalue weighted by Crippen LogP contribution is -2.49. The summed E-state index contributed by atoms with van der Waals surface area (Å²) in [6.07, 6.45) is 3.52. The number of halogens is 2. The highest BCUT2D eigenvalue weighted by Crippen LogP contribution is 2.19. The molecule has 2 aromatic rings. The Kier molecular flexibility index (Phi) is 14.1. The van der Waals surface area contributed by atoms with E-state index < -0.39 is 11.9 Å². The SMILES string of the molecule is CCC.COC(=O)C1=C(CN2CCOCC2CCC(=O)O)NC(c2nccs2)=NC1.Fc1cccc(Br)c1. The summed E-state index contributed by atoms with van der Waals surface area (Å²) in [5.41, 5.74) is 1.19. The molecule has 208 valence electrons. The number of morpholine rings is 1. The highest BCUT2D eigenvalue weighted by molar-refractivity contribution is 9.10. The van der Waals surface area contributed by atoms with Gasteiger partial charge in [0.05, 0.1) is 32.4 Å². The summed E-state index contributed by atoms with van der Waals surface area (Å²) in [5, 5.41) is 14.8. The molecule has 2 N–H and O–H groups in total. The minimum atomic E-state index is -0.830. The summed E-state index contributed by atoms with van der Waals surface area (Å²) >= 11 is 4.58. The van der Waals surface area contributed by atoms with Crippen LogP contribution in [-0.4, -0.2) is 78.8 Å². The zero-order valence-electron chi connectivity index (χ0n) is 21.8. The Morgan fingerprint density at radius 2 is 2.13 bits per heavy atom. The summed E-state index contributed by atoms with van der Waals surface area (Å²) in [6, 6.07) is 6.23. The highest BCUT2D eigenvalue weighted by Gasteiger charge is 2.29. The minimum Gasteiger partial charge on any atom is -0.481 e. The number of aliphatic imine (C=N–C) groups is 1. The lowest BCUT2D eigenvalue weighted by molar-refractivity contribution is -0.138. The van der Waals surface area contributed by atoms with Crippen LogP contribution in [0.1, 0.15) is 38.1 Å². The van der Waals surface area contributed by atoms with Gasteiger partial charge in [-0.3, -0.25) is 14.7 Å². The first kappa shape index (κ1) is 31.5. The third kappa shape index (κ3) is 10.6. The quantitative estimate of drug-likeness (QED) is 0.440. The number of carboxylic acids is 1. The van der Waals surface area contributed by atoms with Gasteiger partial charge in [-0.25, -0.2) is 14.2 Å². The molecular weight excluding hydrogens is 579 g/mol. The molecule has 0 spiro atoms. The van der Waals surface area contributed by atoms with Gasteiger partial charge in [0.2, 0.25) is 0 Å². The maximum absolute atomic E-state index is 12.2. The molecule has 9 nitrogen and oxygen atoms in total. The molecule has 0 bridgehead atoms. The van der Waals surface area contributed by atoms with Crippen LogP contribution >= 0.6 is 27.3 Å². The van der Waals surface area contributed by atoms with Gasteiger partial charge in [-0.1, -0.05) is 42.3 Å². The van der Waals surface area contributed by atoms with Crippen molar-refractivity contribution in [2.45, 2.75) is 39.2 Å². The smallest absolute Gasteiger partial charge is 0.337 e. The van der Waals surface area contributed by atoms with Gasteiger partial charge in [0.25, 0.3) is 0 Å². The van der Waals surface area contributed by atoms with Crippen molar-refractivity contribution in [3.63, 3.8) is 0 Å². The Bertz CT molecular complexity index is 1080. The van der Waals surface area contributed by atoms with E-state index in [-0.39, 0.29) is 24.8 Å². The van der Waals surface area contributed by atoms with E-state index >= 15 is 0 Å². The van der Waals surface area contributed by atoms with Crippen LogP contribution in [-0.2, 0) is 19.1 Å². The van der Waals surface area contributed by atoms with Crippen LogP contribution in [0.2, 0.25) is 0 Å². The molecule has 0 saturated carbocycles. The van der Waals surface area contributed by atoms with Gasteiger partial charge in [-0.15, -0.1) is 11.3 Å². The molecule has 38 heavy (non-hydrogen) atoms. The summed E-state index contributed by atoms with van der Waals surface area (Å²) in [4.78, 5) is 33.9. The van der Waals surface area contributed by atoms with E-state index in [4.69, 9.17) is 14.6 Å². The van der Waals surface area contributed by atoms with Crippen molar-refractivity contribution in [1.82, 2.24) is 15.2 Å². The Morgan fingerprint density at radius 1 is 1.37 bits per heavy atom. The van der Waals surface area contributed by atoms with Crippen LogP contribution in [0.5, 0.6) is 0 Å². The normalized spacial score (nSPS) is 17.2. The molecule has 2 aliphatic heterocycles. The number of esters is 1. The van der Waals surface area contributed by atoms with Gasteiger partial charge in [-0.2, -0.15) is 0 Å². The highest BCUT2D eigenvalue weighted by atomic mass is 79.9. The summed E-state index contributed by atoms with van der Waals surface area (Å²) in [5.74, 6) is -0.832. The molecule has 2 aliphatic rings. The molecule has 0 radical (unpaired) electrons. The second-order valence-corrected chi connectivity index (χ2v) is 10.2. The van der Waals surface area contributed by atoms with Crippen LogP contribution in [0.25, 0.3) is 0 Å². The third-order valence-electron chi connectivity index (χ3n) is 5.28. The molecule has 4 rings (SSSR count). The van der Waals surface area contributed by atoms with E-state index in [1.54, 1.807) is 18.3 Å². The van der Waals surface area contributed by atoms with Gasteiger partial charge in [-0.05, 0) is 24.6 Å². The van der Waals surface area contributed by atoms with E-state index in [9.17, 15) is 14.0 Å². The number of nitrogens with zero attached hydrogens (tertiary/aromatic N) is 3. The molecule has 12 heteroatoms. The third-order valence-corrected chi connectivity index (χ3v) is 6.56. The minimum absolute atomic E-state index is 0.0229. The van der Waals surface area contributed by atoms with Crippen LogP contribution < -0.4 is 5.32 Å². The van der Waals surface area contributed by atoms with Gasteiger partial charge in [0.15, 0.2) is 10.8 Å². The summed E-state index contributed by atoms with van der Waals surface area (Å²) in [6.45, 7) is 6.63. The van der Waals surface area contributed by atoms with Gasteiger partial charge >= 0.3 is 11.9 Å². The van der Waals surface area contributed by atoms with Crippen LogP contribution in [0.15, 0.2) is 56.6 Å². The predicted octanol–water partition coefficient (Wildman–Crippen LogP) is 4.49. The lowest BCUT2D eigenvalue weighted by atomic mass is 10.1. The topological polar surface area (TPSA) is 113 Å². The molecule has 1 unspecified atom stereocenters. The number of hydrogen-bond donors (Lipinski definition) is 2. The van der Waals surface area contributed by atoms with Gasteiger partial charge in [0.1, 0.15) is 5.82 Å². The maximum Gasteiger partial charge on any atom is 0.337 e. The van der Waals surface area contributed by atoms with Crippen LogP contribution in [0, 0.1) is 5.82 Å². The largest absolute Gasteiger partial charge is 0.481 e. The van der Waals surface area contributed by atoms with E-state index in [0.29, 0.717) is 49.8 Å². The number of methoxy groups -OCH3 is 1. The number of ether oxygens (including phenoxy) is 2. The first-order chi connectivity index (χ1) is 18.3. The van der Waals surface area contributed by atoms with Crippen molar-refractivity contribution < 1.29 is 28.6 Å². The fourth-order valence-electron chi connectivity index (χ4n) is 3.54. The first-order valence-corrected chi connectivity index (χ1v) is 13.9. The Labute approximate surface area is 234 Å². The molecule has 1 atom stereocenters. The van der Waals surface area contributed by atoms with Crippen molar-refractivity contribution in [1.29, 1.82) is 0 Å². The zero-order chi connectivity index (χ0) is 27.9. The molecule has 0 aliphatic carbocycles. The lowest BCUT2D eigenvalue weighted by Gasteiger charge is -2.36. The number of carbonyl (C=O) groups excluding carboxylic acids is 1. The van der Waals surface area contributed by atoms with Crippen LogP contribution in [0.3, 0.4) is 0 Å². The Balaban J connectivity index is 0.000000385. The van der Waals surface area contributed by atoms with Crippen molar-refractivity contribution >= 4 is 45.0 Å². The number of aromatic nitrogens is 1. The zero-order valence-corrected chi connectivity index (χ0v) is 24.2. The number of thiazole rings is 1. The maximum atomic E-state index is 12.2. The van der Waals surface area contributed by atoms with Crippen LogP contribution in [0.4, 0.5) is 4.39 Å². The summed E-state index contributed by atoms with van der Waals surface area (Å²) in [7, 11) is 1.34. The average molecular weight is 614 g/mol. The number of carboxylic acid groups (broad SMARTS) is 1. The number of carbonyl (C=O) groups is 2.